The Morgan fingerprint density at radius 3 is 1.08 bits per heavy atom. The second kappa shape index (κ2) is 51.2. The van der Waals surface area contributed by atoms with E-state index in [9.17, 15) is 76.1 Å². The first-order valence-electron chi connectivity index (χ1n) is 41.1. The molecule has 0 aliphatic heterocycles. The zero-order valence-electron chi connectivity index (χ0n) is 71.3. The maximum absolute atomic E-state index is 13.9. The second-order valence-corrected chi connectivity index (χ2v) is 32.6. The van der Waals surface area contributed by atoms with Crippen LogP contribution in [-0.4, -0.2) is 148 Å². The minimum atomic E-state index is -4.90. The molecule has 5 rings (SSSR count). The number of hydrogen-bond donors (Lipinski definition) is 11. The predicted octanol–water partition coefficient (Wildman–Crippen LogP) is 10.5. The van der Waals surface area contributed by atoms with Crippen molar-refractivity contribution in [3.05, 3.63) is 173 Å². The Bertz CT molecular complexity index is 3930. The fourth-order valence-electron chi connectivity index (χ4n) is 12.7. The Hall–Kier alpha value is -10.2. The van der Waals surface area contributed by atoms with Gasteiger partial charge in [0.2, 0.25) is 53.2 Å². The van der Waals surface area contributed by atoms with E-state index in [4.69, 9.17) is 9.47 Å². The van der Waals surface area contributed by atoms with Gasteiger partial charge < -0.3 is 72.3 Å². The molecule has 25 nitrogen and oxygen atoms in total. The fourth-order valence-corrected chi connectivity index (χ4v) is 12.7. The van der Waals surface area contributed by atoms with E-state index < -0.39 is 144 Å². The van der Waals surface area contributed by atoms with Crippen molar-refractivity contribution in [2.24, 2.45) is 47.3 Å². The van der Waals surface area contributed by atoms with Gasteiger partial charge in [0.1, 0.15) is 61.3 Å². The molecule has 28 heteroatoms. The summed E-state index contributed by atoms with van der Waals surface area (Å²) in [6, 6.07) is 33.2. The minimum absolute atomic E-state index is 0.0350. The van der Waals surface area contributed by atoms with Crippen LogP contribution in [0.4, 0.5) is 13.2 Å². The highest BCUT2D eigenvalue weighted by molar-refractivity contribution is 5.94. The average Bonchev–Trinajstić information content (AvgIpc) is 0.861. The largest absolute Gasteiger partial charge is 0.573 e. The van der Waals surface area contributed by atoms with Crippen LogP contribution in [-0.2, 0) is 94.7 Å². The number of aliphatic hydroxyl groups excluding tert-OH is 2. The number of benzene rings is 5. The molecule has 0 fully saturated rings. The number of nitrogens with one attached hydrogen (secondary N) is 9. The van der Waals surface area contributed by atoms with Crippen LogP contribution in [0.2, 0.25) is 0 Å². The molecular weight excluding hydrogens is 1520 g/mol. The second-order valence-electron chi connectivity index (χ2n) is 32.6. The van der Waals surface area contributed by atoms with Gasteiger partial charge in [-0.2, -0.15) is 0 Å². The summed E-state index contributed by atoms with van der Waals surface area (Å²) in [5.74, 6) is -7.96. The topological polar surface area (TPSA) is 364 Å². The number of rotatable bonds is 47. The molecule has 0 aliphatic carbocycles. The van der Waals surface area contributed by atoms with E-state index in [2.05, 4.69) is 52.6 Å². The number of hydrogen-bond acceptors (Lipinski definition) is 16. The monoisotopic (exact) mass is 1650 g/mol. The summed E-state index contributed by atoms with van der Waals surface area (Å²) in [7, 11) is 0. The van der Waals surface area contributed by atoms with Crippen LogP contribution in [0.3, 0.4) is 0 Å². The highest BCUT2D eigenvalue weighted by atomic mass is 19.4. The van der Waals surface area contributed by atoms with Crippen LogP contribution in [0.25, 0.3) is 0 Å². The number of carbonyl (C=O) groups excluding carboxylic acids is 11. The highest BCUT2D eigenvalue weighted by Crippen LogP contribution is 2.25. The number of carbonyl (C=O) groups is 11. The van der Waals surface area contributed by atoms with Crippen molar-refractivity contribution in [2.75, 3.05) is 0 Å². The van der Waals surface area contributed by atoms with Gasteiger partial charge in [-0.3, -0.25) is 43.2 Å². The van der Waals surface area contributed by atoms with Crippen molar-refractivity contribution in [1.82, 2.24) is 47.9 Å². The van der Waals surface area contributed by atoms with Crippen LogP contribution in [0, 0.1) is 47.3 Å². The molecule has 5 aromatic rings. The molecule has 0 saturated carbocycles. The maximum Gasteiger partial charge on any atom is 0.573 e. The molecule has 0 radical (unpaired) electrons. The summed E-state index contributed by atoms with van der Waals surface area (Å²) in [4.78, 5) is 147. The van der Waals surface area contributed by atoms with Gasteiger partial charge in [-0.1, -0.05) is 257 Å². The lowest BCUT2D eigenvalue weighted by Crippen LogP contribution is -2.58. The summed E-state index contributed by atoms with van der Waals surface area (Å²) in [6.07, 6.45) is -6.02. The van der Waals surface area contributed by atoms with E-state index in [1.165, 1.54) is 12.1 Å². The number of alkyl halides is 3. The van der Waals surface area contributed by atoms with E-state index in [0.29, 0.717) is 19.3 Å². The smallest absolute Gasteiger partial charge is 0.459 e. The van der Waals surface area contributed by atoms with Crippen molar-refractivity contribution in [2.45, 2.75) is 268 Å². The summed E-state index contributed by atoms with van der Waals surface area (Å²) in [5.41, 5.74) is 3.46. The van der Waals surface area contributed by atoms with Crippen LogP contribution in [0.1, 0.15) is 190 Å². The number of esters is 2. The molecule has 0 saturated heterocycles. The van der Waals surface area contributed by atoms with Crippen LogP contribution in [0.5, 0.6) is 5.75 Å². The van der Waals surface area contributed by atoms with Crippen molar-refractivity contribution >= 4 is 65.1 Å². The molecule has 0 bridgehead atoms. The van der Waals surface area contributed by atoms with Crippen molar-refractivity contribution in [3.8, 4) is 5.75 Å². The highest BCUT2D eigenvalue weighted by Gasteiger charge is 2.38. The molecule has 0 spiro atoms. The average molecular weight is 1650 g/mol. The third kappa shape index (κ3) is 37.2. The summed E-state index contributed by atoms with van der Waals surface area (Å²) in [6.45, 7) is 29.4. The normalized spacial score (nSPS) is 14.8. The third-order valence-electron chi connectivity index (χ3n) is 20.0. The zero-order chi connectivity index (χ0) is 87.9. The van der Waals surface area contributed by atoms with Crippen LogP contribution >= 0.6 is 0 Å². The molecule has 9 amide bonds. The van der Waals surface area contributed by atoms with Gasteiger partial charge in [0.15, 0.2) is 0 Å². The lowest BCUT2D eigenvalue weighted by atomic mass is 9.95. The Labute approximate surface area is 694 Å². The molecule has 118 heavy (non-hydrogen) atoms. The SMILES string of the molecule is CC[C@H](C)[C@H](NC(=O)CC[C@H](O)[C@H](Cc1ccccc1)NC(=O)[C@@H](NC(=O)Cc1cccc(OC(F)(F)F)c1)C(C)C)C(=O)N[C@H](C(=O)OCc1ccccc1)C(C)C.CC[C@H](C)[C@H](NC(=O)CC[C@H](O)[C@H](Cc1ccccc1)NC(=O)[C@@H](NC(=O)[C@H](CC(C)C)NC(=O)CC(C)C)C(C)C)C(=O)N[C@H](C(=O)OCc1ccccc1)C(C)C. The Morgan fingerprint density at radius 2 is 0.720 bits per heavy atom. The van der Waals surface area contributed by atoms with Crippen LogP contribution < -0.4 is 52.6 Å². The van der Waals surface area contributed by atoms with Gasteiger partial charge in [0.25, 0.3) is 0 Å². The molecule has 0 heterocycles. The minimum Gasteiger partial charge on any atom is -0.459 e. The van der Waals surface area contributed by atoms with Gasteiger partial charge in [-0.25, -0.2) is 9.59 Å². The van der Waals surface area contributed by atoms with Crippen molar-refractivity contribution in [1.29, 1.82) is 0 Å². The molecule has 5 aromatic carbocycles. The predicted molar refractivity (Wildman–Crippen MR) is 445 cm³/mol. The first-order chi connectivity index (χ1) is 55.7. The van der Waals surface area contributed by atoms with E-state index in [-0.39, 0.29) is 117 Å². The molecule has 0 aromatic heterocycles. The lowest BCUT2D eigenvalue weighted by Gasteiger charge is -2.30. The first kappa shape index (κ1) is 100. The van der Waals surface area contributed by atoms with Crippen molar-refractivity contribution in [3.63, 3.8) is 0 Å². The number of amides is 9. The van der Waals surface area contributed by atoms with E-state index in [0.717, 1.165) is 34.4 Å². The van der Waals surface area contributed by atoms with Crippen molar-refractivity contribution < 1.29 is 90.3 Å². The van der Waals surface area contributed by atoms with Gasteiger partial charge in [-0.05, 0) is 119 Å². The van der Waals surface area contributed by atoms with Gasteiger partial charge in [-0.15, -0.1) is 13.2 Å². The third-order valence-corrected chi connectivity index (χ3v) is 20.0. The van der Waals surface area contributed by atoms with Gasteiger partial charge in [0.05, 0.1) is 30.7 Å². The molecule has 0 unspecified atom stereocenters. The maximum atomic E-state index is 13.9. The molecule has 13 atom stereocenters. The lowest BCUT2D eigenvalue weighted by molar-refractivity contribution is -0.274. The Kier molecular flexibility index (Phi) is 43.4. The molecule has 650 valence electrons. The summed E-state index contributed by atoms with van der Waals surface area (Å²) >= 11 is 0. The fraction of sp³-hybridized carbons (Fsp3) is 0.544. The van der Waals surface area contributed by atoms with Gasteiger partial charge in [0, 0.05) is 19.3 Å². The number of ether oxygens (including phenoxy) is 3. The number of halogens is 3. The van der Waals surface area contributed by atoms with E-state index >= 15 is 0 Å². The first-order valence-corrected chi connectivity index (χ1v) is 41.1. The summed E-state index contributed by atoms with van der Waals surface area (Å²) in [5, 5.41) is 48.2. The summed E-state index contributed by atoms with van der Waals surface area (Å²) < 4.78 is 53.1. The number of aliphatic hydroxyl groups is 2. The van der Waals surface area contributed by atoms with Crippen LogP contribution in [0.15, 0.2) is 146 Å². The quantitative estimate of drug-likeness (QED) is 0.0161. The zero-order valence-corrected chi connectivity index (χ0v) is 71.3. The molecular formula is C90H128F3N9O16. The van der Waals surface area contributed by atoms with E-state index in [1.54, 1.807) is 74.4 Å². The molecule has 11 N–H and O–H groups in total. The van der Waals surface area contributed by atoms with Gasteiger partial charge >= 0.3 is 18.3 Å². The van der Waals surface area contributed by atoms with E-state index in [1.807, 2.05) is 158 Å². The standard InChI is InChI=1S/C46H71N5O8.C44H57F3N4O8/c1-11-32(10)42(45(57)51-41(31(8)9)46(58)59-27-34-20-16-13-17-21-34)49-38(53)23-22-37(52)35(26-33-18-14-12-15-19-33)48-44(56)40(30(6)7)50-43(55)36(24-28(2)3)47-39(54)25-29(4)5;1-7-29(6)40(42(56)51-39(28(4)5)43(57)58-26-31-17-12-9-13-18-31)49-36(53)22-21-35(52)34(24-30-15-10-8-11-16-30)48-41(55)38(27(2)3)50-37(54)25-32-19-14-20-33(23-32)59-44(45,46)47/h12-21,28-32,35-37,40-42,52H,11,22-27H2,1-10H3,(H,47,54)(H,48,56)(H,49,53)(H,50,55)(H,51,57);8-20,23,27-29,34-35,38-40,52H,7,21-22,24-26H2,1-6H3,(H,48,55)(H,49,53)(H,50,54)(H,51,56)/t32-,35-,36-,37-,40-,41-,42-;29-,34-,35-,38-,39-,40-/m00/s1. The Balaban J connectivity index is 0.000000496. The Morgan fingerprint density at radius 1 is 0.373 bits per heavy atom. The molecule has 0 aliphatic rings.